The van der Waals surface area contributed by atoms with E-state index in [1.54, 1.807) is 31.2 Å². The van der Waals surface area contributed by atoms with E-state index in [1.165, 1.54) is 11.3 Å². The molecule has 0 saturated carbocycles. The third-order valence-electron chi connectivity index (χ3n) is 3.13. The van der Waals surface area contributed by atoms with Gasteiger partial charge in [-0.05, 0) is 30.5 Å². The van der Waals surface area contributed by atoms with Crippen LogP contribution in [0.15, 0.2) is 46.3 Å². The number of benzene rings is 1. The fourth-order valence-electron chi connectivity index (χ4n) is 1.92. The van der Waals surface area contributed by atoms with E-state index in [4.69, 9.17) is 20.9 Å². The Kier molecular flexibility index (Phi) is 5.12. The summed E-state index contributed by atoms with van der Waals surface area (Å²) >= 11 is 7.52. The summed E-state index contributed by atoms with van der Waals surface area (Å²) < 4.78 is 10.7. The van der Waals surface area contributed by atoms with Gasteiger partial charge in [0.05, 0.1) is 16.4 Å². The van der Waals surface area contributed by atoms with Crippen molar-refractivity contribution in [3.05, 3.63) is 52.7 Å². The molecule has 2 heterocycles. The van der Waals surface area contributed by atoms with Crippen molar-refractivity contribution in [1.82, 2.24) is 15.5 Å². The second kappa shape index (κ2) is 7.46. The molecule has 1 N–H and O–H groups in total. The largest absolute Gasteiger partial charge is 0.479 e. The van der Waals surface area contributed by atoms with E-state index in [0.717, 1.165) is 4.88 Å². The molecule has 3 rings (SSSR count). The molecule has 0 aliphatic rings. The topological polar surface area (TPSA) is 77.2 Å². The second-order valence-electron chi connectivity index (χ2n) is 4.90. The molecule has 0 radical (unpaired) electrons. The van der Waals surface area contributed by atoms with Crippen molar-refractivity contribution in [3.63, 3.8) is 0 Å². The van der Waals surface area contributed by atoms with Crippen LogP contribution in [0.1, 0.15) is 12.8 Å². The van der Waals surface area contributed by atoms with Crippen LogP contribution in [0.25, 0.3) is 10.7 Å². The number of ether oxygens (including phenoxy) is 1. The van der Waals surface area contributed by atoms with Crippen molar-refractivity contribution in [2.24, 2.45) is 0 Å². The number of halogens is 1. The molecule has 6 nitrogen and oxygen atoms in total. The Morgan fingerprint density at radius 2 is 2.21 bits per heavy atom. The van der Waals surface area contributed by atoms with Crippen LogP contribution in [-0.4, -0.2) is 22.2 Å². The fourth-order valence-corrected chi connectivity index (χ4v) is 2.75. The van der Waals surface area contributed by atoms with E-state index >= 15 is 0 Å². The van der Waals surface area contributed by atoms with E-state index in [1.807, 2.05) is 17.5 Å². The Hall–Kier alpha value is -2.38. The minimum Gasteiger partial charge on any atom is -0.479 e. The lowest BCUT2D eigenvalue weighted by atomic mass is 10.3. The minimum absolute atomic E-state index is 0.132. The number of thiophene rings is 1. The van der Waals surface area contributed by atoms with Crippen LogP contribution in [0.4, 0.5) is 0 Å². The van der Waals surface area contributed by atoms with Gasteiger partial charge in [-0.2, -0.15) is 4.98 Å². The minimum atomic E-state index is -0.704. The highest BCUT2D eigenvalue weighted by Crippen LogP contribution is 2.24. The van der Waals surface area contributed by atoms with E-state index in [0.29, 0.717) is 22.5 Å². The van der Waals surface area contributed by atoms with Gasteiger partial charge >= 0.3 is 0 Å². The van der Waals surface area contributed by atoms with E-state index < -0.39 is 6.10 Å². The zero-order valence-corrected chi connectivity index (χ0v) is 14.3. The summed E-state index contributed by atoms with van der Waals surface area (Å²) in [6.45, 7) is 1.77. The fraction of sp³-hybridized carbons (Fsp3) is 0.188. The van der Waals surface area contributed by atoms with Crippen molar-refractivity contribution in [1.29, 1.82) is 0 Å². The van der Waals surface area contributed by atoms with Crippen LogP contribution in [0.2, 0.25) is 5.02 Å². The zero-order chi connectivity index (χ0) is 16.9. The first kappa shape index (κ1) is 16.5. The Labute approximate surface area is 147 Å². The lowest BCUT2D eigenvalue weighted by Crippen LogP contribution is -2.36. The first-order chi connectivity index (χ1) is 11.6. The van der Waals surface area contributed by atoms with Gasteiger partial charge in [-0.3, -0.25) is 4.79 Å². The lowest BCUT2D eigenvalue weighted by molar-refractivity contribution is -0.127. The standard InChI is InChI=1S/C16H14ClN3O3S/c1-10(22-12-6-3-2-5-11(12)17)16(21)18-9-14-19-15(20-23-14)13-7-4-8-24-13/h2-8,10H,9H2,1H3,(H,18,21)/t10-/m1/s1. The van der Waals surface area contributed by atoms with E-state index in [2.05, 4.69) is 15.5 Å². The molecule has 124 valence electrons. The summed E-state index contributed by atoms with van der Waals surface area (Å²) in [5.41, 5.74) is 0. The summed E-state index contributed by atoms with van der Waals surface area (Å²) in [6.07, 6.45) is -0.704. The molecule has 0 fully saturated rings. The number of rotatable bonds is 6. The monoisotopic (exact) mass is 363 g/mol. The normalized spacial score (nSPS) is 11.9. The first-order valence-corrected chi connectivity index (χ1v) is 8.44. The average molecular weight is 364 g/mol. The van der Waals surface area contributed by atoms with Gasteiger partial charge in [0.25, 0.3) is 5.91 Å². The van der Waals surface area contributed by atoms with Gasteiger partial charge in [-0.1, -0.05) is 35.0 Å². The third kappa shape index (κ3) is 3.93. The molecule has 0 saturated heterocycles. The lowest BCUT2D eigenvalue weighted by Gasteiger charge is -2.14. The molecule has 24 heavy (non-hydrogen) atoms. The molecule has 8 heteroatoms. The molecule has 1 aromatic carbocycles. The van der Waals surface area contributed by atoms with Gasteiger partial charge in [0, 0.05) is 0 Å². The maximum Gasteiger partial charge on any atom is 0.261 e. The molecule has 0 spiro atoms. The number of carbonyl (C=O) groups excluding carboxylic acids is 1. The number of hydrogen-bond acceptors (Lipinski definition) is 6. The molecule has 0 bridgehead atoms. The van der Waals surface area contributed by atoms with Crippen LogP contribution >= 0.6 is 22.9 Å². The van der Waals surface area contributed by atoms with Crippen molar-refractivity contribution in [3.8, 4) is 16.5 Å². The molecular formula is C16H14ClN3O3S. The highest BCUT2D eigenvalue weighted by atomic mass is 35.5. The van der Waals surface area contributed by atoms with Crippen LogP contribution in [0, 0.1) is 0 Å². The summed E-state index contributed by atoms with van der Waals surface area (Å²) in [5.74, 6) is 0.997. The highest BCUT2D eigenvalue weighted by Gasteiger charge is 2.17. The Balaban J connectivity index is 1.54. The number of para-hydroxylation sites is 1. The summed E-state index contributed by atoms with van der Waals surface area (Å²) in [6, 6.07) is 10.8. The summed E-state index contributed by atoms with van der Waals surface area (Å²) in [5, 5.41) is 8.97. The Bertz CT molecular complexity index is 820. The summed E-state index contributed by atoms with van der Waals surface area (Å²) in [7, 11) is 0. The average Bonchev–Trinajstić information content (AvgIpc) is 3.25. The van der Waals surface area contributed by atoms with Crippen molar-refractivity contribution in [2.45, 2.75) is 19.6 Å². The number of hydrogen-bond donors (Lipinski definition) is 1. The highest BCUT2D eigenvalue weighted by molar-refractivity contribution is 7.13. The molecule has 1 atom stereocenters. The van der Waals surface area contributed by atoms with Gasteiger partial charge in [0.2, 0.25) is 11.7 Å². The molecule has 3 aromatic rings. The van der Waals surface area contributed by atoms with Crippen LogP contribution in [0.3, 0.4) is 0 Å². The van der Waals surface area contributed by atoms with Crippen molar-refractivity contribution < 1.29 is 14.1 Å². The maximum atomic E-state index is 12.1. The van der Waals surface area contributed by atoms with Gasteiger partial charge in [-0.25, -0.2) is 0 Å². The van der Waals surface area contributed by atoms with Crippen molar-refractivity contribution >= 4 is 28.8 Å². The Morgan fingerprint density at radius 1 is 1.38 bits per heavy atom. The number of nitrogens with zero attached hydrogens (tertiary/aromatic N) is 2. The van der Waals surface area contributed by atoms with Gasteiger partial charge in [0.1, 0.15) is 5.75 Å². The summed E-state index contributed by atoms with van der Waals surface area (Å²) in [4.78, 5) is 17.2. The van der Waals surface area contributed by atoms with Crippen LogP contribution < -0.4 is 10.1 Å². The number of carbonyl (C=O) groups is 1. The third-order valence-corrected chi connectivity index (χ3v) is 4.31. The number of amides is 1. The SMILES string of the molecule is C[C@@H](Oc1ccccc1Cl)C(=O)NCc1nc(-c2cccs2)no1. The van der Waals surface area contributed by atoms with Gasteiger partial charge < -0.3 is 14.6 Å². The predicted octanol–water partition coefficient (Wildman–Crippen LogP) is 3.54. The van der Waals surface area contributed by atoms with Gasteiger partial charge in [0.15, 0.2) is 6.10 Å². The van der Waals surface area contributed by atoms with E-state index in [-0.39, 0.29) is 12.5 Å². The smallest absolute Gasteiger partial charge is 0.261 e. The van der Waals surface area contributed by atoms with Crippen LogP contribution in [-0.2, 0) is 11.3 Å². The molecule has 0 aliphatic heterocycles. The predicted molar refractivity (Wildman–Crippen MR) is 91.0 cm³/mol. The first-order valence-electron chi connectivity index (χ1n) is 7.19. The van der Waals surface area contributed by atoms with Crippen molar-refractivity contribution in [2.75, 3.05) is 0 Å². The molecule has 0 aliphatic carbocycles. The quantitative estimate of drug-likeness (QED) is 0.724. The molecular weight excluding hydrogens is 350 g/mol. The maximum absolute atomic E-state index is 12.1. The zero-order valence-electron chi connectivity index (χ0n) is 12.7. The Morgan fingerprint density at radius 3 is 2.96 bits per heavy atom. The van der Waals surface area contributed by atoms with E-state index in [9.17, 15) is 4.79 Å². The van der Waals surface area contributed by atoms with Gasteiger partial charge in [-0.15, -0.1) is 11.3 Å². The number of nitrogens with one attached hydrogen (secondary N) is 1. The molecule has 0 unspecified atom stereocenters. The second-order valence-corrected chi connectivity index (χ2v) is 6.25. The number of aromatic nitrogens is 2. The molecule has 1 amide bonds. The van der Waals surface area contributed by atoms with Crippen LogP contribution in [0.5, 0.6) is 5.75 Å². The molecule has 2 aromatic heterocycles.